The Bertz CT molecular complexity index is 1040. The smallest absolute Gasteiger partial charge is 0.278 e. The summed E-state index contributed by atoms with van der Waals surface area (Å²) in [5.74, 6) is -0.453. The van der Waals surface area contributed by atoms with E-state index in [4.69, 9.17) is 4.74 Å². The van der Waals surface area contributed by atoms with Crippen LogP contribution >= 0.6 is 0 Å². The van der Waals surface area contributed by atoms with Crippen molar-refractivity contribution in [3.63, 3.8) is 0 Å². The molecule has 2 heterocycles. The van der Waals surface area contributed by atoms with Crippen molar-refractivity contribution in [2.75, 3.05) is 37.7 Å². The van der Waals surface area contributed by atoms with E-state index in [0.717, 1.165) is 6.42 Å². The van der Waals surface area contributed by atoms with Crippen molar-refractivity contribution < 1.29 is 18.3 Å². The van der Waals surface area contributed by atoms with Gasteiger partial charge in [0.1, 0.15) is 11.6 Å². The van der Waals surface area contributed by atoms with E-state index in [2.05, 4.69) is 5.10 Å². The quantitative estimate of drug-likeness (QED) is 0.600. The minimum atomic E-state index is -0.345. The number of carbonyl (C=O) groups is 1. The molecule has 1 saturated heterocycles. The highest BCUT2D eigenvalue weighted by molar-refractivity contribution is 5.95. The molecular weight excluding hydrogens is 402 g/mol. The van der Waals surface area contributed by atoms with E-state index < -0.39 is 0 Å². The molecule has 1 fully saturated rings. The fourth-order valence-electron chi connectivity index (χ4n) is 3.56. The van der Waals surface area contributed by atoms with E-state index in [9.17, 15) is 13.6 Å². The van der Waals surface area contributed by atoms with Gasteiger partial charge in [-0.2, -0.15) is 5.10 Å². The first-order valence-corrected chi connectivity index (χ1v) is 10.3. The molecule has 1 aliphatic heterocycles. The zero-order chi connectivity index (χ0) is 21.8. The lowest BCUT2D eigenvalue weighted by molar-refractivity contribution is 0.0736. The van der Waals surface area contributed by atoms with Gasteiger partial charge < -0.3 is 14.5 Å². The van der Waals surface area contributed by atoms with Crippen molar-refractivity contribution in [3.05, 3.63) is 72.1 Å². The number of amides is 1. The van der Waals surface area contributed by atoms with Crippen LogP contribution in [0.4, 0.5) is 14.5 Å². The van der Waals surface area contributed by atoms with Gasteiger partial charge in [-0.05, 0) is 42.8 Å². The Morgan fingerprint density at radius 3 is 2.42 bits per heavy atom. The van der Waals surface area contributed by atoms with Crippen molar-refractivity contribution in [1.29, 1.82) is 0 Å². The van der Waals surface area contributed by atoms with Crippen LogP contribution in [0, 0.1) is 11.6 Å². The molecule has 0 saturated carbocycles. The fraction of sp³-hybridized carbons (Fsp3) is 0.304. The van der Waals surface area contributed by atoms with Crippen molar-refractivity contribution >= 4 is 11.6 Å². The minimum absolute atomic E-state index is 0.220. The van der Waals surface area contributed by atoms with E-state index in [-0.39, 0.29) is 23.2 Å². The summed E-state index contributed by atoms with van der Waals surface area (Å²) in [6.07, 6.45) is 2.43. The van der Waals surface area contributed by atoms with Crippen LogP contribution < -0.4 is 9.64 Å². The number of carbonyl (C=O) groups excluding carboxylic acids is 1. The van der Waals surface area contributed by atoms with E-state index in [1.54, 1.807) is 41.4 Å². The first kappa shape index (κ1) is 20.8. The predicted molar refractivity (Wildman–Crippen MR) is 114 cm³/mol. The molecule has 1 aromatic heterocycles. The third-order valence-corrected chi connectivity index (χ3v) is 5.20. The summed E-state index contributed by atoms with van der Waals surface area (Å²) in [4.78, 5) is 16.8. The summed E-state index contributed by atoms with van der Waals surface area (Å²) < 4.78 is 34.6. The van der Waals surface area contributed by atoms with Crippen LogP contribution in [0.1, 0.15) is 23.8 Å². The fourth-order valence-corrected chi connectivity index (χ4v) is 3.56. The SMILES string of the molecule is CCCOc1cn(-c2ccc(F)cc2)nc1C(=O)N1CCN(c2ccccc2F)CC1. The average Bonchev–Trinajstić information content (AvgIpc) is 3.22. The lowest BCUT2D eigenvalue weighted by atomic mass is 10.2. The number of para-hydroxylation sites is 1. The summed E-state index contributed by atoms with van der Waals surface area (Å²) in [5.41, 5.74) is 1.39. The molecule has 0 N–H and O–H groups in total. The van der Waals surface area contributed by atoms with Gasteiger partial charge in [0.05, 0.1) is 24.2 Å². The lowest BCUT2D eigenvalue weighted by Gasteiger charge is -2.36. The molecule has 1 aliphatic rings. The number of rotatable bonds is 6. The maximum absolute atomic E-state index is 14.1. The minimum Gasteiger partial charge on any atom is -0.489 e. The number of ether oxygens (including phenoxy) is 1. The number of anilines is 1. The van der Waals surface area contributed by atoms with E-state index in [1.165, 1.54) is 22.9 Å². The van der Waals surface area contributed by atoms with Crippen molar-refractivity contribution in [2.24, 2.45) is 0 Å². The Labute approximate surface area is 179 Å². The molecule has 0 atom stereocenters. The first-order valence-electron chi connectivity index (χ1n) is 10.3. The number of benzene rings is 2. The molecule has 0 bridgehead atoms. The Morgan fingerprint density at radius 1 is 1.03 bits per heavy atom. The predicted octanol–water partition coefficient (Wildman–Crippen LogP) is 3.90. The van der Waals surface area contributed by atoms with Gasteiger partial charge in [0, 0.05) is 26.2 Å². The van der Waals surface area contributed by atoms with Crippen LogP contribution in [-0.4, -0.2) is 53.4 Å². The third kappa shape index (κ3) is 4.52. The number of hydrogen-bond donors (Lipinski definition) is 0. The second kappa shape index (κ2) is 9.16. The Balaban J connectivity index is 1.52. The van der Waals surface area contributed by atoms with E-state index >= 15 is 0 Å². The molecule has 0 spiro atoms. The summed E-state index contributed by atoms with van der Waals surface area (Å²) in [7, 11) is 0. The normalized spacial score (nSPS) is 14.0. The molecule has 1 amide bonds. The number of aromatic nitrogens is 2. The Morgan fingerprint density at radius 2 is 1.74 bits per heavy atom. The summed E-state index contributed by atoms with van der Waals surface area (Å²) >= 11 is 0. The highest BCUT2D eigenvalue weighted by Gasteiger charge is 2.28. The molecule has 6 nitrogen and oxygen atoms in total. The summed E-state index contributed by atoms with van der Waals surface area (Å²) in [6, 6.07) is 12.5. The van der Waals surface area contributed by atoms with E-state index in [1.807, 2.05) is 11.8 Å². The Kier molecular flexibility index (Phi) is 6.16. The Hall–Kier alpha value is -3.42. The lowest BCUT2D eigenvalue weighted by Crippen LogP contribution is -2.49. The molecule has 0 unspecified atom stereocenters. The largest absolute Gasteiger partial charge is 0.489 e. The van der Waals surface area contributed by atoms with Gasteiger partial charge in [-0.15, -0.1) is 0 Å². The van der Waals surface area contributed by atoms with E-state index in [0.29, 0.717) is 49.9 Å². The van der Waals surface area contributed by atoms with Crippen molar-refractivity contribution in [1.82, 2.24) is 14.7 Å². The first-order chi connectivity index (χ1) is 15.1. The molecule has 0 radical (unpaired) electrons. The van der Waals surface area contributed by atoms with Gasteiger partial charge in [0.25, 0.3) is 5.91 Å². The topological polar surface area (TPSA) is 50.6 Å². The van der Waals surface area contributed by atoms with Gasteiger partial charge in [-0.3, -0.25) is 4.79 Å². The average molecular weight is 426 g/mol. The molecular formula is C23H24F2N4O2. The molecule has 4 rings (SSSR count). The van der Waals surface area contributed by atoms with Gasteiger partial charge in [-0.25, -0.2) is 13.5 Å². The molecule has 0 aliphatic carbocycles. The standard InChI is InChI=1S/C23H24F2N4O2/c1-2-15-31-21-16-29(18-9-7-17(24)8-10-18)26-22(21)23(30)28-13-11-27(12-14-28)20-6-4-3-5-19(20)25/h3-10,16H,2,11-15H2,1H3. The molecule has 162 valence electrons. The van der Waals surface area contributed by atoms with Crippen LogP contribution in [0.25, 0.3) is 5.69 Å². The number of halogens is 2. The molecule has 31 heavy (non-hydrogen) atoms. The van der Waals surface area contributed by atoms with Gasteiger partial charge in [0.2, 0.25) is 0 Å². The maximum Gasteiger partial charge on any atom is 0.278 e. The van der Waals surface area contributed by atoms with Crippen LogP contribution in [0.2, 0.25) is 0 Å². The van der Waals surface area contributed by atoms with Gasteiger partial charge >= 0.3 is 0 Å². The number of nitrogens with zero attached hydrogens (tertiary/aromatic N) is 4. The zero-order valence-corrected chi connectivity index (χ0v) is 17.3. The van der Waals surface area contributed by atoms with Gasteiger partial charge in [0.15, 0.2) is 11.4 Å². The highest BCUT2D eigenvalue weighted by atomic mass is 19.1. The van der Waals surface area contributed by atoms with Crippen molar-refractivity contribution in [3.8, 4) is 11.4 Å². The zero-order valence-electron chi connectivity index (χ0n) is 17.3. The summed E-state index contributed by atoms with van der Waals surface area (Å²) in [6.45, 7) is 4.38. The third-order valence-electron chi connectivity index (χ3n) is 5.20. The molecule has 2 aromatic carbocycles. The van der Waals surface area contributed by atoms with Crippen LogP contribution in [0.15, 0.2) is 54.7 Å². The maximum atomic E-state index is 14.1. The number of piperazine rings is 1. The highest BCUT2D eigenvalue weighted by Crippen LogP contribution is 2.24. The molecule has 3 aromatic rings. The summed E-state index contributed by atoms with van der Waals surface area (Å²) in [5, 5.41) is 4.43. The second-order valence-electron chi connectivity index (χ2n) is 7.34. The van der Waals surface area contributed by atoms with Crippen molar-refractivity contribution in [2.45, 2.75) is 13.3 Å². The van der Waals surface area contributed by atoms with Crippen LogP contribution in [0.3, 0.4) is 0 Å². The monoisotopic (exact) mass is 426 g/mol. The second-order valence-corrected chi connectivity index (χ2v) is 7.34. The molecule has 8 heteroatoms. The van der Waals surface area contributed by atoms with Gasteiger partial charge in [-0.1, -0.05) is 19.1 Å². The van der Waals surface area contributed by atoms with Crippen LogP contribution in [-0.2, 0) is 0 Å². The van der Waals surface area contributed by atoms with Crippen LogP contribution in [0.5, 0.6) is 5.75 Å². The number of hydrogen-bond acceptors (Lipinski definition) is 4.